The second-order valence-electron chi connectivity index (χ2n) is 10.6. The Morgan fingerprint density at radius 3 is 2.41 bits per heavy atom. The number of nitrogens with zero attached hydrogens (tertiary/aromatic N) is 1. The zero-order valence-electron chi connectivity index (χ0n) is 20.9. The van der Waals surface area contributed by atoms with Gasteiger partial charge in [0, 0.05) is 40.5 Å². The fraction of sp³-hybridized carbons (Fsp3) is 0.464. The van der Waals surface area contributed by atoms with Crippen molar-refractivity contribution in [1.82, 2.24) is 0 Å². The number of thiophene rings is 2. The van der Waals surface area contributed by atoms with Crippen LogP contribution in [-0.2, 0) is 15.1 Å². The molecule has 0 amide bonds. The van der Waals surface area contributed by atoms with Gasteiger partial charge in [-0.25, -0.2) is 0 Å². The molecular formula is C28H31Cl2NO4S2. The van der Waals surface area contributed by atoms with Crippen LogP contribution in [0.4, 0.5) is 0 Å². The monoisotopic (exact) mass is 579 g/mol. The molecule has 0 radical (unpaired) electrons. The number of halogens is 2. The smallest absolute Gasteiger partial charge is 0.306 e. The number of esters is 1. The molecule has 3 unspecified atom stereocenters. The lowest BCUT2D eigenvalue weighted by Gasteiger charge is -2.41. The molecule has 2 aromatic heterocycles. The lowest BCUT2D eigenvalue weighted by molar-refractivity contribution is -0.918. The first-order valence-corrected chi connectivity index (χ1v) is 15.1. The van der Waals surface area contributed by atoms with Crippen LogP contribution < -0.4 is 9.84 Å². The van der Waals surface area contributed by atoms with Crippen LogP contribution in [0.1, 0.15) is 35.4 Å². The molecule has 2 bridgehead atoms. The van der Waals surface area contributed by atoms with Crippen LogP contribution in [0.3, 0.4) is 0 Å². The van der Waals surface area contributed by atoms with Crippen LogP contribution in [0.15, 0.2) is 53.2 Å². The Balaban J connectivity index is 1.22. The summed E-state index contributed by atoms with van der Waals surface area (Å²) in [4.78, 5) is 14.5. The van der Waals surface area contributed by atoms with E-state index in [1.54, 1.807) is 24.3 Å². The molecule has 5 rings (SSSR count). The molecule has 0 aliphatic heterocycles. The maximum atomic E-state index is 14.1. The van der Waals surface area contributed by atoms with E-state index in [2.05, 4.69) is 14.1 Å². The average molecular weight is 581 g/mol. The minimum absolute atomic E-state index is 0.199. The summed E-state index contributed by atoms with van der Waals surface area (Å²) in [6.07, 6.45) is 3.76. The van der Waals surface area contributed by atoms with E-state index in [0.29, 0.717) is 44.1 Å². The van der Waals surface area contributed by atoms with Gasteiger partial charge in [-0.15, -0.1) is 22.7 Å². The molecule has 2 fully saturated rings. The third kappa shape index (κ3) is 5.32. The van der Waals surface area contributed by atoms with Crippen molar-refractivity contribution in [2.45, 2.75) is 43.4 Å². The second kappa shape index (κ2) is 10.9. The van der Waals surface area contributed by atoms with E-state index in [0.717, 1.165) is 36.7 Å². The lowest BCUT2D eigenvalue weighted by Crippen LogP contribution is -2.53. The number of hydrogen-bond donors (Lipinski definition) is 0. The van der Waals surface area contributed by atoms with Gasteiger partial charge >= 0.3 is 5.97 Å². The van der Waals surface area contributed by atoms with Gasteiger partial charge in [-0.05, 0) is 47.9 Å². The summed E-state index contributed by atoms with van der Waals surface area (Å²) in [5, 5.41) is 18.7. The van der Waals surface area contributed by atoms with Crippen LogP contribution in [0.25, 0.3) is 0 Å². The molecule has 3 aromatic rings. The topological polar surface area (TPSA) is 58.6 Å². The summed E-state index contributed by atoms with van der Waals surface area (Å²) >= 11 is 14.7. The molecule has 1 aromatic carbocycles. The van der Waals surface area contributed by atoms with E-state index in [1.165, 1.54) is 22.7 Å². The van der Waals surface area contributed by atoms with Crippen LogP contribution in [0.5, 0.6) is 5.75 Å². The maximum absolute atomic E-state index is 14.1. The van der Waals surface area contributed by atoms with Crippen molar-refractivity contribution in [3.63, 3.8) is 0 Å². The highest BCUT2D eigenvalue weighted by Crippen LogP contribution is 2.50. The van der Waals surface area contributed by atoms with Crippen molar-refractivity contribution < 1.29 is 23.9 Å². The molecule has 198 valence electrons. The molecule has 2 saturated carbocycles. The zero-order valence-corrected chi connectivity index (χ0v) is 24.0. The van der Waals surface area contributed by atoms with Gasteiger partial charge in [0.2, 0.25) is 0 Å². The van der Waals surface area contributed by atoms with E-state index in [-0.39, 0.29) is 12.0 Å². The second-order valence-corrected chi connectivity index (χ2v) is 13.3. The first kappa shape index (κ1) is 27.0. The fourth-order valence-corrected chi connectivity index (χ4v) is 8.09. The minimum atomic E-state index is -2.01. The predicted octanol–water partition coefficient (Wildman–Crippen LogP) is 5.98. The number of fused-ring (bicyclic) bond motifs is 2. The van der Waals surface area contributed by atoms with Gasteiger partial charge in [-0.1, -0.05) is 35.3 Å². The summed E-state index contributed by atoms with van der Waals surface area (Å²) in [5.74, 6) is 0.611. The SMILES string of the molecule is C[N+](C)(CCCOc1ccc(Cl)c(Cl)c1)[C@H]1CC2CCC1C2OC(=O)C([O-])(c1cccs1)c1cccs1. The number of carbonyl (C=O) groups excluding carboxylic acids is 1. The van der Waals surface area contributed by atoms with Crippen LogP contribution in [-0.4, -0.2) is 49.8 Å². The van der Waals surface area contributed by atoms with Crippen molar-refractivity contribution in [2.24, 2.45) is 11.8 Å². The molecule has 9 heteroatoms. The Hall–Kier alpha value is -1.61. The molecule has 2 aliphatic carbocycles. The minimum Gasteiger partial charge on any atom is -0.833 e. The fourth-order valence-electron chi connectivity index (χ4n) is 6.10. The Morgan fingerprint density at radius 1 is 1.08 bits per heavy atom. The first-order chi connectivity index (χ1) is 17.7. The van der Waals surface area contributed by atoms with Crippen LogP contribution in [0, 0.1) is 11.8 Å². The molecule has 2 heterocycles. The quantitative estimate of drug-likeness (QED) is 0.168. The summed E-state index contributed by atoms with van der Waals surface area (Å²) in [5.41, 5.74) is -2.01. The standard InChI is InChI=1S/C28H31Cl2NO4S2/c1-31(2,12-5-13-34-19-9-11-21(29)22(30)17-19)23-16-18-8-10-20(23)26(18)35-27(32)28(33,24-6-3-14-36-24)25-7-4-15-37-25/h3-4,6-7,9,11,14-15,17-18,20,23,26H,5,8,10,12-13,16H2,1-2H3/t18?,20?,23-,26?/m0/s1. The molecule has 5 nitrogen and oxygen atoms in total. The van der Waals surface area contributed by atoms with Gasteiger partial charge in [-0.2, -0.15) is 0 Å². The van der Waals surface area contributed by atoms with Crippen molar-refractivity contribution in [1.29, 1.82) is 0 Å². The molecule has 2 aliphatic rings. The van der Waals surface area contributed by atoms with Gasteiger partial charge in [0.15, 0.2) is 0 Å². The van der Waals surface area contributed by atoms with Crippen molar-refractivity contribution in [2.75, 3.05) is 27.2 Å². The van der Waals surface area contributed by atoms with Gasteiger partial charge in [0.05, 0.1) is 48.9 Å². The number of ether oxygens (including phenoxy) is 2. The molecule has 0 N–H and O–H groups in total. The summed E-state index contributed by atoms with van der Waals surface area (Å²) in [6.45, 7) is 1.52. The number of quaternary nitrogens is 1. The number of hydrogen-bond acceptors (Lipinski definition) is 6. The molecule has 0 spiro atoms. The van der Waals surface area contributed by atoms with Crippen LogP contribution >= 0.6 is 45.9 Å². The van der Waals surface area contributed by atoms with E-state index >= 15 is 0 Å². The van der Waals surface area contributed by atoms with E-state index < -0.39 is 11.6 Å². The predicted molar refractivity (Wildman–Crippen MR) is 147 cm³/mol. The van der Waals surface area contributed by atoms with Gasteiger partial charge in [-0.3, -0.25) is 4.79 Å². The Morgan fingerprint density at radius 2 is 1.78 bits per heavy atom. The van der Waals surface area contributed by atoms with Crippen molar-refractivity contribution >= 4 is 51.8 Å². The van der Waals surface area contributed by atoms with Crippen molar-refractivity contribution in [3.8, 4) is 5.75 Å². The Bertz CT molecular complexity index is 1180. The average Bonchev–Trinajstić information content (AvgIpc) is 3.69. The molecule has 4 atom stereocenters. The van der Waals surface area contributed by atoms with E-state index in [1.807, 2.05) is 29.0 Å². The molecule has 0 saturated heterocycles. The molecular weight excluding hydrogens is 549 g/mol. The number of benzene rings is 1. The largest absolute Gasteiger partial charge is 0.833 e. The third-order valence-electron chi connectivity index (χ3n) is 8.00. The summed E-state index contributed by atoms with van der Waals surface area (Å²) in [6, 6.07) is 12.8. The highest BCUT2D eigenvalue weighted by molar-refractivity contribution is 7.12. The third-order valence-corrected chi connectivity index (χ3v) is 10.7. The first-order valence-electron chi connectivity index (χ1n) is 12.6. The number of rotatable bonds is 10. The van der Waals surface area contributed by atoms with Crippen molar-refractivity contribution in [3.05, 3.63) is 73.0 Å². The van der Waals surface area contributed by atoms with Gasteiger partial charge in [0.1, 0.15) is 11.9 Å². The van der Waals surface area contributed by atoms with Gasteiger partial charge in [0.25, 0.3) is 0 Å². The van der Waals surface area contributed by atoms with Gasteiger partial charge < -0.3 is 19.1 Å². The highest BCUT2D eigenvalue weighted by atomic mass is 35.5. The maximum Gasteiger partial charge on any atom is 0.306 e. The lowest BCUT2D eigenvalue weighted by atomic mass is 9.92. The normalized spacial score (nSPS) is 23.4. The van der Waals surface area contributed by atoms with Crippen LogP contribution in [0.2, 0.25) is 10.0 Å². The number of carbonyl (C=O) groups is 1. The Kier molecular flexibility index (Phi) is 7.93. The molecule has 37 heavy (non-hydrogen) atoms. The Labute approximate surface area is 236 Å². The highest BCUT2D eigenvalue weighted by Gasteiger charge is 2.56. The van der Waals surface area contributed by atoms with E-state index in [4.69, 9.17) is 32.7 Å². The summed E-state index contributed by atoms with van der Waals surface area (Å²) in [7, 11) is 4.50. The van der Waals surface area contributed by atoms with E-state index in [9.17, 15) is 9.90 Å². The summed E-state index contributed by atoms with van der Waals surface area (Å²) < 4.78 is 12.9. The zero-order chi connectivity index (χ0) is 26.2.